The molecule has 0 radical (unpaired) electrons. The van der Waals surface area contributed by atoms with Gasteiger partial charge in [0.25, 0.3) is 17.1 Å². The van der Waals surface area contributed by atoms with Gasteiger partial charge in [0.05, 0.1) is 45.6 Å². The highest BCUT2D eigenvalue weighted by molar-refractivity contribution is 7.86. The van der Waals surface area contributed by atoms with Gasteiger partial charge in [0.2, 0.25) is 0 Å². The second-order valence-corrected chi connectivity index (χ2v) is 22.2. The number of hydrogen-bond donors (Lipinski definition) is 4. The Morgan fingerprint density at radius 2 is 1.04 bits per heavy atom. The summed E-state index contributed by atoms with van der Waals surface area (Å²) in [6.45, 7) is 6.08. The fourth-order valence-electron chi connectivity index (χ4n) is 9.46. The summed E-state index contributed by atoms with van der Waals surface area (Å²) in [5.41, 5.74) is 19.6. The molecule has 0 unspecified atom stereocenters. The largest absolute Gasteiger partial charge is 0.481 e. The van der Waals surface area contributed by atoms with E-state index in [1.165, 1.54) is 35.3 Å². The molecule has 5 N–H and O–H groups in total. The molecule has 0 saturated heterocycles. The van der Waals surface area contributed by atoms with E-state index in [4.69, 9.17) is 38.8 Å². The van der Waals surface area contributed by atoms with Crippen LogP contribution in [0.25, 0.3) is 75.9 Å². The first-order chi connectivity index (χ1) is 40.7. The Balaban J connectivity index is 0.000000179. The number of aromatic nitrogens is 8. The molecular formula is C62H50Cl2N12O4S4. The van der Waals surface area contributed by atoms with Gasteiger partial charge in [0, 0.05) is 36.2 Å². The van der Waals surface area contributed by atoms with Gasteiger partial charge in [-0.3, -0.25) is 23.5 Å². The number of isothiocyanates is 1. The monoisotopic (exact) mass is 1220 g/mol. The first-order valence-electron chi connectivity index (χ1n) is 25.8. The minimum atomic E-state index is -0.833. The van der Waals surface area contributed by atoms with Crippen molar-refractivity contribution in [2.75, 3.05) is 10.6 Å². The zero-order valence-corrected chi connectivity index (χ0v) is 49.8. The molecule has 6 aromatic heterocycles. The zero-order chi connectivity index (χ0) is 59.3. The third-order valence-electron chi connectivity index (χ3n) is 13.1. The van der Waals surface area contributed by atoms with Crippen LogP contribution in [0.15, 0.2) is 196 Å². The smallest absolute Gasteiger partial charge is 0.300 e. The number of rotatable bonds is 13. The number of pyridine rings is 2. The van der Waals surface area contributed by atoms with E-state index in [0.29, 0.717) is 41.0 Å². The molecule has 0 fully saturated rings. The van der Waals surface area contributed by atoms with Crippen LogP contribution in [0.2, 0.25) is 0 Å². The van der Waals surface area contributed by atoms with Crippen molar-refractivity contribution in [2.24, 2.45) is 10.7 Å². The van der Waals surface area contributed by atoms with Crippen molar-refractivity contribution in [2.45, 2.75) is 45.9 Å². The molecule has 0 spiro atoms. The summed E-state index contributed by atoms with van der Waals surface area (Å²) in [6.07, 6.45) is 3.06. The van der Waals surface area contributed by atoms with Crippen molar-refractivity contribution in [1.29, 1.82) is 0 Å². The fraction of sp³-hybridized carbons (Fsp3) is 0.113. The molecule has 0 bridgehead atoms. The van der Waals surface area contributed by atoms with E-state index in [2.05, 4.69) is 87.3 Å². The summed E-state index contributed by atoms with van der Waals surface area (Å²) in [7, 11) is 0. The number of carboxylic acids is 1. The van der Waals surface area contributed by atoms with E-state index in [9.17, 15) is 9.59 Å². The molecule has 16 nitrogen and oxygen atoms in total. The third-order valence-corrected chi connectivity index (χ3v) is 14.7. The lowest BCUT2D eigenvalue weighted by molar-refractivity contribution is -0.134. The first-order valence-corrected chi connectivity index (χ1v) is 29.1. The number of nitrogens with one attached hydrogen (secondary N) is 2. The zero-order valence-electron chi connectivity index (χ0n) is 45.1. The number of carboxylic acid groups (broad SMARTS) is 1. The number of fused-ring (bicyclic) bond motifs is 4. The number of anilines is 2. The van der Waals surface area contributed by atoms with Gasteiger partial charge < -0.3 is 21.5 Å². The van der Waals surface area contributed by atoms with Gasteiger partial charge in [-0.2, -0.15) is 0 Å². The maximum absolute atomic E-state index is 14.3. The van der Waals surface area contributed by atoms with Crippen molar-refractivity contribution in [3.63, 3.8) is 0 Å². The van der Waals surface area contributed by atoms with Crippen LogP contribution < -0.4 is 27.5 Å². The Hall–Kier alpha value is -8.82. The van der Waals surface area contributed by atoms with Gasteiger partial charge in [-0.25, -0.2) is 34.9 Å². The molecule has 12 aromatic rings. The summed E-state index contributed by atoms with van der Waals surface area (Å²) in [6, 6.07) is 51.1. The van der Waals surface area contributed by atoms with Crippen LogP contribution in [-0.2, 0) is 17.9 Å². The number of nitrogens with zero attached hydrogens (tertiary/aromatic N) is 9. The van der Waals surface area contributed by atoms with Crippen LogP contribution in [0.1, 0.15) is 55.4 Å². The lowest BCUT2D eigenvalue weighted by Gasteiger charge is -2.22. The summed E-state index contributed by atoms with van der Waals surface area (Å²) in [5.74, 6) is 0.437. The Labute approximate surface area is 510 Å². The SMILES string of the molecule is CC(=O)O.C[C@H](Nc1ncnc2scnc12)c1cc2cccc(-c3ccc(CN)cc3)c2c(=O)n1-c1ccccc1.C[C@H](Nc1ncnc2scnc12)c1cc2cccc(-c3ccc(CN=C=S)cc3)c2c(=O)n1-c1ccccc1.S=C(Cl)Cl. The van der Waals surface area contributed by atoms with Crippen LogP contribution in [0, 0.1) is 0 Å². The van der Waals surface area contributed by atoms with Gasteiger partial charge in [-0.05, 0) is 107 Å². The van der Waals surface area contributed by atoms with Gasteiger partial charge in [-0.15, -0.1) is 22.7 Å². The van der Waals surface area contributed by atoms with Crippen LogP contribution in [0.4, 0.5) is 11.6 Å². The highest BCUT2D eigenvalue weighted by Crippen LogP contribution is 2.34. The predicted molar refractivity (Wildman–Crippen MR) is 349 cm³/mol. The lowest BCUT2D eigenvalue weighted by Crippen LogP contribution is -2.26. The number of aliphatic carboxylic acids is 1. The summed E-state index contributed by atoms with van der Waals surface area (Å²) in [4.78, 5) is 69.6. The normalized spacial score (nSPS) is 11.5. The number of aliphatic imine (C=N–C) groups is 1. The van der Waals surface area contributed by atoms with E-state index in [1.807, 2.05) is 159 Å². The Kier molecular flexibility index (Phi) is 19.9. The molecular weight excluding hydrogens is 1180 g/mol. The molecule has 420 valence electrons. The van der Waals surface area contributed by atoms with E-state index < -0.39 is 5.97 Å². The average molecular weight is 1230 g/mol. The van der Waals surface area contributed by atoms with Gasteiger partial charge in [-0.1, -0.05) is 157 Å². The van der Waals surface area contributed by atoms with Crippen molar-refractivity contribution in [3.05, 3.63) is 225 Å². The first kappa shape index (κ1) is 59.8. The van der Waals surface area contributed by atoms with E-state index in [1.54, 1.807) is 20.2 Å². The molecule has 6 aromatic carbocycles. The Bertz CT molecular complexity index is 4460. The van der Waals surface area contributed by atoms with Crippen LogP contribution in [0.5, 0.6) is 0 Å². The van der Waals surface area contributed by atoms with Gasteiger partial charge >= 0.3 is 0 Å². The van der Waals surface area contributed by atoms with E-state index >= 15 is 0 Å². The standard InChI is InChI=1S/C30H22N6OS2.C29H24N6OS.C2H4O2.CCl2S/c1-19(35-28-27-29(33-16-32-28)39-18-34-27)25-14-22-6-5-9-24(21-12-10-20(11-13-21)15-31-17-38)26(22)30(37)36(25)23-7-3-2-4-8-23;1-18(34-27-26-28(32-16-31-27)37-17-33-26)24-14-21-6-5-9-23(20-12-10-19(15-30)11-13-20)25(21)29(36)35(24)22-7-3-2-4-8-22;1-2(3)4;2-1(3)4/h2-14,16,18-19H,15H2,1H3,(H,32,33,35);2-14,16-18H,15,30H2,1H3,(H,31,32,34);1H3,(H,3,4);/t19-;18-;;/m00../s1. The number of thiocarbonyl (C=S) groups is 2. The van der Waals surface area contributed by atoms with Crippen molar-refractivity contribution in [1.82, 2.24) is 39.0 Å². The van der Waals surface area contributed by atoms with Crippen LogP contribution >= 0.6 is 70.3 Å². The quantitative estimate of drug-likeness (QED) is 0.0479. The maximum Gasteiger partial charge on any atom is 0.300 e. The minimum absolute atomic E-state index is 0.0556. The maximum atomic E-state index is 14.3. The Morgan fingerprint density at radius 3 is 1.43 bits per heavy atom. The molecule has 12 rings (SSSR count). The molecule has 0 aliphatic heterocycles. The molecule has 22 heteroatoms. The molecule has 6 heterocycles. The summed E-state index contributed by atoms with van der Waals surface area (Å²) < 4.78 is 3.52. The Morgan fingerprint density at radius 1 is 0.631 bits per heavy atom. The molecule has 0 aliphatic rings. The van der Waals surface area contributed by atoms with E-state index in [-0.39, 0.29) is 27.0 Å². The summed E-state index contributed by atoms with van der Waals surface area (Å²) >= 11 is 21.2. The van der Waals surface area contributed by atoms with Crippen molar-refractivity contribution in [3.8, 4) is 33.6 Å². The van der Waals surface area contributed by atoms with Gasteiger partial charge in [0.15, 0.2) is 15.4 Å². The lowest BCUT2D eigenvalue weighted by atomic mass is 9.97. The number of nitrogens with two attached hydrogens (primary N) is 1. The summed E-state index contributed by atoms with van der Waals surface area (Å²) in [5, 5.41) is 19.8. The number of halogens is 2. The van der Waals surface area contributed by atoms with Crippen molar-refractivity contribution >= 4 is 139 Å². The molecule has 0 amide bonds. The van der Waals surface area contributed by atoms with Crippen LogP contribution in [-0.4, -0.2) is 59.1 Å². The number of hydrogen-bond acceptors (Lipinski definition) is 17. The average Bonchev–Trinajstić information content (AvgIpc) is 2.73. The third kappa shape index (κ3) is 14.0. The number of para-hydroxylation sites is 2. The molecule has 84 heavy (non-hydrogen) atoms. The van der Waals surface area contributed by atoms with Crippen LogP contribution in [0.3, 0.4) is 0 Å². The fourth-order valence-corrected chi connectivity index (χ4v) is 10.8. The topological polar surface area (TPSA) is 221 Å². The highest BCUT2D eigenvalue weighted by atomic mass is 35.5. The van der Waals surface area contributed by atoms with Crippen molar-refractivity contribution < 1.29 is 9.90 Å². The second-order valence-electron chi connectivity index (χ2n) is 18.6. The highest BCUT2D eigenvalue weighted by Gasteiger charge is 2.22. The molecule has 0 saturated carbocycles. The number of benzene rings is 6. The van der Waals surface area contributed by atoms with E-state index in [0.717, 1.165) is 89.0 Å². The number of thiazole rings is 2. The molecule has 2 atom stereocenters. The predicted octanol–water partition coefficient (Wildman–Crippen LogP) is 14.4. The molecule has 0 aliphatic carbocycles. The minimum Gasteiger partial charge on any atom is -0.481 e. The second kappa shape index (κ2) is 28.0. The number of carbonyl (C=O) groups is 1. The van der Waals surface area contributed by atoms with Gasteiger partial charge in [0.1, 0.15) is 33.3 Å².